The first kappa shape index (κ1) is 31.8. The Labute approximate surface area is 338 Å². The third kappa shape index (κ3) is 3.44. The molecule has 58 heavy (non-hydrogen) atoms. The zero-order valence-electron chi connectivity index (χ0n) is 33.4. The van der Waals surface area contributed by atoms with E-state index in [0.717, 1.165) is 28.4 Å². The number of hydrogen-bond donors (Lipinski definition) is 0. The number of rotatable bonds is 1. The number of benzene rings is 7. The monoisotopic (exact) mass is 747 g/mol. The lowest BCUT2D eigenvalue weighted by Gasteiger charge is -2.51. The quantitative estimate of drug-likeness (QED) is 0.156. The maximum Gasteiger partial charge on any atom is 0.333 e. The molecule has 2 aromatic heterocycles. The van der Waals surface area contributed by atoms with Gasteiger partial charge in [0.05, 0.1) is 22.3 Å². The third-order valence-electron chi connectivity index (χ3n) is 15.9. The minimum Gasteiger partial charge on any atom is -0.456 e. The number of furan rings is 1. The summed E-state index contributed by atoms with van der Waals surface area (Å²) in [6.07, 6.45) is 4.87. The fourth-order valence-corrected chi connectivity index (χ4v) is 13.1. The number of anilines is 4. The molecule has 6 heterocycles. The van der Waals surface area contributed by atoms with E-state index in [0.29, 0.717) is 0 Å². The van der Waals surface area contributed by atoms with Gasteiger partial charge in [0.1, 0.15) is 11.2 Å². The molecule has 14 rings (SSSR count). The first-order chi connectivity index (χ1) is 28.3. The van der Waals surface area contributed by atoms with E-state index < -0.39 is 0 Å². The van der Waals surface area contributed by atoms with Crippen molar-refractivity contribution < 1.29 is 4.42 Å². The van der Waals surface area contributed by atoms with Crippen molar-refractivity contribution in [2.75, 3.05) is 9.71 Å². The first-order valence-electron chi connectivity index (χ1n) is 21.3. The van der Waals surface area contributed by atoms with Gasteiger partial charge in [0.2, 0.25) is 0 Å². The molecule has 278 valence electrons. The van der Waals surface area contributed by atoms with E-state index >= 15 is 0 Å². The summed E-state index contributed by atoms with van der Waals surface area (Å²) in [6.45, 7) is 9.90. The molecule has 1 fully saturated rings. The molecule has 2 unspecified atom stereocenters. The van der Waals surface area contributed by atoms with Crippen LogP contribution in [-0.4, -0.2) is 17.0 Å². The van der Waals surface area contributed by atoms with Gasteiger partial charge >= 0.3 is 6.85 Å². The molecule has 0 N–H and O–H groups in total. The normalized spacial score (nSPS) is 21.7. The van der Waals surface area contributed by atoms with E-state index in [-0.39, 0.29) is 23.2 Å². The Hall–Kier alpha value is -6.20. The number of aromatic nitrogens is 1. The minimum absolute atomic E-state index is 0.0407. The van der Waals surface area contributed by atoms with Gasteiger partial charge in [-0.05, 0) is 95.4 Å². The molecular weight excluding hydrogens is 705 g/mol. The van der Waals surface area contributed by atoms with E-state index in [9.17, 15) is 0 Å². The van der Waals surface area contributed by atoms with E-state index in [4.69, 9.17) is 4.42 Å². The molecule has 0 bridgehead atoms. The molecule has 9 aromatic rings. The molecule has 2 atom stereocenters. The first-order valence-corrected chi connectivity index (χ1v) is 21.3. The van der Waals surface area contributed by atoms with E-state index in [1.807, 2.05) is 0 Å². The van der Waals surface area contributed by atoms with Crippen molar-refractivity contribution >= 4 is 84.3 Å². The van der Waals surface area contributed by atoms with E-state index in [2.05, 4.69) is 175 Å². The summed E-state index contributed by atoms with van der Waals surface area (Å²) in [7, 11) is 0. The van der Waals surface area contributed by atoms with Crippen LogP contribution in [0.2, 0.25) is 0 Å². The molecule has 5 heteroatoms. The largest absolute Gasteiger partial charge is 0.456 e. The lowest BCUT2D eigenvalue weighted by Crippen LogP contribution is -2.62. The molecule has 1 aliphatic carbocycles. The average Bonchev–Trinajstić information content (AvgIpc) is 3.86. The standard InChI is InChI=1S/C53H42BN3O/c1-51(2)36-19-7-11-24-42(36)57-49-32(18-15-21-38(49)51)35-29-44(56-41-23-10-8-20-37(41)52(3)26-13-14-27-53(52,56)4)47-33-17-5-9-22-40(33)55-43-28-34-31-16-6-12-25-45(31)58-46(34)30-39(43)54(57)48(35)50(47)55/h5-12,15-25,28-30H,13-14,26-27H2,1-4H3. The molecule has 4 aliphatic heterocycles. The van der Waals surface area contributed by atoms with Gasteiger partial charge in [-0.2, -0.15) is 0 Å². The van der Waals surface area contributed by atoms with Crippen molar-refractivity contribution in [2.45, 2.75) is 69.7 Å². The fraction of sp³-hybridized carbons (Fsp3) is 0.208. The van der Waals surface area contributed by atoms with Crippen LogP contribution < -0.4 is 20.6 Å². The van der Waals surface area contributed by atoms with Crippen LogP contribution in [0.4, 0.5) is 22.7 Å². The molecule has 0 amide bonds. The van der Waals surface area contributed by atoms with Gasteiger partial charge in [-0.25, -0.2) is 0 Å². The molecule has 1 saturated carbocycles. The summed E-state index contributed by atoms with van der Waals surface area (Å²) < 4.78 is 9.36. The second kappa shape index (κ2) is 10.3. The number of fused-ring (bicyclic) bond motifs is 16. The fourth-order valence-electron chi connectivity index (χ4n) is 13.1. The molecular formula is C53H42BN3O. The number of para-hydroxylation sites is 5. The second-order valence-corrected chi connectivity index (χ2v) is 18.7. The van der Waals surface area contributed by atoms with Gasteiger partial charge in [-0.3, -0.25) is 0 Å². The Bertz CT molecular complexity index is 3350. The predicted octanol–water partition coefficient (Wildman–Crippen LogP) is 12.3. The molecule has 7 aromatic carbocycles. The summed E-state index contributed by atoms with van der Waals surface area (Å²) >= 11 is 0. The summed E-state index contributed by atoms with van der Waals surface area (Å²) in [6, 6.07) is 50.8. The SMILES string of the molecule is CC1(C)c2ccccc2N2B3c4cc5oc6ccccc6c5cc4-n4c5ccccc5c5c(N6c7ccccc7C7(C)CCCCC67C)cc(c3c54)-c3cccc1c32. The predicted molar refractivity (Wildman–Crippen MR) is 242 cm³/mol. The Morgan fingerprint density at radius 3 is 2.17 bits per heavy atom. The summed E-state index contributed by atoms with van der Waals surface area (Å²) in [5, 5.41) is 4.99. The summed E-state index contributed by atoms with van der Waals surface area (Å²) in [4.78, 5) is 5.54. The van der Waals surface area contributed by atoms with Gasteiger partial charge in [0.25, 0.3) is 0 Å². The van der Waals surface area contributed by atoms with Gasteiger partial charge in [-0.15, -0.1) is 0 Å². The van der Waals surface area contributed by atoms with Crippen LogP contribution in [0.15, 0.2) is 138 Å². The molecule has 4 nitrogen and oxygen atoms in total. The Morgan fingerprint density at radius 2 is 1.29 bits per heavy atom. The van der Waals surface area contributed by atoms with Crippen LogP contribution in [0.25, 0.3) is 60.6 Å². The highest BCUT2D eigenvalue weighted by molar-refractivity contribution is 6.94. The summed E-state index contributed by atoms with van der Waals surface area (Å²) in [5.41, 5.74) is 20.4. The van der Waals surface area contributed by atoms with Crippen molar-refractivity contribution in [3.05, 3.63) is 150 Å². The van der Waals surface area contributed by atoms with Crippen molar-refractivity contribution in [3.63, 3.8) is 0 Å². The zero-order valence-corrected chi connectivity index (χ0v) is 33.4. The summed E-state index contributed by atoms with van der Waals surface area (Å²) in [5.74, 6) is 0. The van der Waals surface area contributed by atoms with Crippen molar-refractivity contribution in [2.24, 2.45) is 0 Å². The van der Waals surface area contributed by atoms with Gasteiger partial charge in [-0.1, -0.05) is 125 Å². The van der Waals surface area contributed by atoms with Gasteiger partial charge in [0, 0.05) is 60.7 Å². The zero-order chi connectivity index (χ0) is 38.4. The van der Waals surface area contributed by atoms with Crippen molar-refractivity contribution in [1.29, 1.82) is 0 Å². The Morgan fingerprint density at radius 1 is 0.569 bits per heavy atom. The van der Waals surface area contributed by atoms with Crippen molar-refractivity contribution in [3.8, 4) is 16.8 Å². The lowest BCUT2D eigenvalue weighted by molar-refractivity contribution is 0.195. The maximum absolute atomic E-state index is 6.72. The number of hydrogen-bond acceptors (Lipinski definition) is 3. The van der Waals surface area contributed by atoms with Crippen LogP contribution >= 0.6 is 0 Å². The number of nitrogens with zero attached hydrogens (tertiary/aromatic N) is 3. The smallest absolute Gasteiger partial charge is 0.333 e. The van der Waals surface area contributed by atoms with Gasteiger partial charge in [0.15, 0.2) is 0 Å². The Kier molecular flexibility index (Phi) is 5.63. The van der Waals surface area contributed by atoms with Crippen molar-refractivity contribution in [1.82, 2.24) is 4.57 Å². The molecule has 0 radical (unpaired) electrons. The highest BCUT2D eigenvalue weighted by Gasteiger charge is 2.58. The van der Waals surface area contributed by atoms with E-state index in [1.54, 1.807) is 0 Å². The molecule has 0 spiro atoms. The third-order valence-corrected chi connectivity index (χ3v) is 15.9. The second-order valence-electron chi connectivity index (χ2n) is 18.7. The highest BCUT2D eigenvalue weighted by Crippen LogP contribution is 2.63. The van der Waals surface area contributed by atoms with Crippen LogP contribution in [-0.2, 0) is 10.8 Å². The topological polar surface area (TPSA) is 24.6 Å². The molecule has 0 saturated heterocycles. The van der Waals surface area contributed by atoms with E-state index in [1.165, 1.54) is 108 Å². The average molecular weight is 748 g/mol. The maximum atomic E-state index is 6.72. The van der Waals surface area contributed by atoms with Crippen LogP contribution in [0, 0.1) is 0 Å². The van der Waals surface area contributed by atoms with Gasteiger partial charge < -0.3 is 18.7 Å². The lowest BCUT2D eigenvalue weighted by atomic mass is 9.43. The van der Waals surface area contributed by atoms with Crippen LogP contribution in [0.3, 0.4) is 0 Å². The van der Waals surface area contributed by atoms with Crippen LogP contribution in [0.5, 0.6) is 0 Å². The highest BCUT2D eigenvalue weighted by atomic mass is 16.3. The Balaban J connectivity index is 1.21. The minimum atomic E-state index is -0.177. The molecule has 5 aliphatic rings. The van der Waals surface area contributed by atoms with Crippen LogP contribution in [0.1, 0.15) is 70.1 Å².